The molecule has 2 rings (SSSR count). The molecular weight excluding hydrogens is 261 g/mol. The second kappa shape index (κ2) is 5.25. The van der Waals surface area contributed by atoms with E-state index in [0.29, 0.717) is 10.2 Å². The average molecular weight is 270 g/mol. The molecule has 0 bridgehead atoms. The van der Waals surface area contributed by atoms with Crippen molar-refractivity contribution >= 4 is 34.3 Å². The van der Waals surface area contributed by atoms with Gasteiger partial charge in [0.1, 0.15) is 5.82 Å². The molecular formula is C11H9ClFN3S. The van der Waals surface area contributed by atoms with Gasteiger partial charge in [-0.3, -0.25) is 5.43 Å². The molecule has 1 aromatic carbocycles. The first-order chi connectivity index (χ1) is 8.16. The van der Waals surface area contributed by atoms with Crippen LogP contribution in [0.3, 0.4) is 0 Å². The molecule has 88 valence electrons. The second-order valence-electron chi connectivity index (χ2n) is 3.30. The van der Waals surface area contributed by atoms with Crippen LogP contribution in [0, 0.1) is 12.7 Å². The number of benzene rings is 1. The van der Waals surface area contributed by atoms with E-state index >= 15 is 0 Å². The molecule has 17 heavy (non-hydrogen) atoms. The third kappa shape index (κ3) is 3.01. The van der Waals surface area contributed by atoms with Crippen LogP contribution in [0.15, 0.2) is 28.7 Å². The van der Waals surface area contributed by atoms with Gasteiger partial charge in [-0.1, -0.05) is 17.7 Å². The fraction of sp³-hybridized carbons (Fsp3) is 0.0909. The van der Waals surface area contributed by atoms with Crippen LogP contribution in [-0.4, -0.2) is 11.2 Å². The van der Waals surface area contributed by atoms with Crippen molar-refractivity contribution < 1.29 is 4.39 Å². The molecule has 0 amide bonds. The van der Waals surface area contributed by atoms with E-state index in [4.69, 9.17) is 11.6 Å². The van der Waals surface area contributed by atoms with Crippen molar-refractivity contribution in [3.8, 4) is 0 Å². The maximum Gasteiger partial charge on any atom is 0.203 e. The van der Waals surface area contributed by atoms with E-state index in [2.05, 4.69) is 15.5 Å². The highest BCUT2D eigenvalue weighted by atomic mass is 35.5. The molecule has 6 heteroatoms. The number of thiazole rings is 1. The SMILES string of the molecule is Cc1csc(NN=Cc2c(F)cccc2Cl)n1. The van der Waals surface area contributed by atoms with E-state index in [0.717, 1.165) is 5.69 Å². The van der Waals surface area contributed by atoms with Gasteiger partial charge in [0, 0.05) is 10.9 Å². The summed E-state index contributed by atoms with van der Waals surface area (Å²) in [4.78, 5) is 4.15. The lowest BCUT2D eigenvalue weighted by Gasteiger charge is -1.99. The highest BCUT2D eigenvalue weighted by molar-refractivity contribution is 7.13. The first-order valence-corrected chi connectivity index (χ1v) is 6.08. The molecule has 0 aliphatic rings. The quantitative estimate of drug-likeness (QED) is 0.682. The summed E-state index contributed by atoms with van der Waals surface area (Å²) >= 11 is 7.27. The van der Waals surface area contributed by atoms with E-state index in [1.165, 1.54) is 23.6 Å². The summed E-state index contributed by atoms with van der Waals surface area (Å²) in [6.45, 7) is 1.89. The molecule has 0 saturated carbocycles. The highest BCUT2D eigenvalue weighted by Gasteiger charge is 2.03. The monoisotopic (exact) mass is 269 g/mol. The minimum atomic E-state index is -0.404. The summed E-state index contributed by atoms with van der Waals surface area (Å²) in [5, 5.41) is 6.78. The Kier molecular flexibility index (Phi) is 3.71. The number of aryl methyl sites for hydroxylation is 1. The van der Waals surface area contributed by atoms with E-state index in [1.54, 1.807) is 12.1 Å². The largest absolute Gasteiger partial charge is 0.253 e. The molecule has 1 aromatic heterocycles. The molecule has 1 heterocycles. The second-order valence-corrected chi connectivity index (χ2v) is 4.56. The Morgan fingerprint density at radius 1 is 1.53 bits per heavy atom. The molecule has 0 atom stereocenters. The topological polar surface area (TPSA) is 37.3 Å². The van der Waals surface area contributed by atoms with Crippen LogP contribution in [0.1, 0.15) is 11.3 Å². The number of hydrazone groups is 1. The number of hydrogen-bond donors (Lipinski definition) is 1. The maximum atomic E-state index is 13.4. The molecule has 0 spiro atoms. The molecule has 0 aliphatic heterocycles. The lowest BCUT2D eigenvalue weighted by atomic mass is 10.2. The van der Waals surface area contributed by atoms with Gasteiger partial charge in [-0.25, -0.2) is 9.37 Å². The van der Waals surface area contributed by atoms with Gasteiger partial charge in [0.2, 0.25) is 5.13 Å². The summed E-state index contributed by atoms with van der Waals surface area (Å²) < 4.78 is 13.4. The average Bonchev–Trinajstić information content (AvgIpc) is 2.69. The van der Waals surface area contributed by atoms with Crippen molar-refractivity contribution in [2.24, 2.45) is 5.10 Å². The van der Waals surface area contributed by atoms with Crippen molar-refractivity contribution in [1.82, 2.24) is 4.98 Å². The lowest BCUT2D eigenvalue weighted by Crippen LogP contribution is -1.93. The normalized spacial score (nSPS) is 11.0. The lowest BCUT2D eigenvalue weighted by molar-refractivity contribution is 0.626. The third-order valence-corrected chi connectivity index (χ3v) is 3.17. The van der Waals surface area contributed by atoms with Crippen LogP contribution in [0.5, 0.6) is 0 Å². The van der Waals surface area contributed by atoms with Crippen molar-refractivity contribution in [2.75, 3.05) is 5.43 Å². The number of aromatic nitrogens is 1. The van der Waals surface area contributed by atoms with Gasteiger partial charge in [0.25, 0.3) is 0 Å². The van der Waals surface area contributed by atoms with E-state index < -0.39 is 5.82 Å². The van der Waals surface area contributed by atoms with Crippen LogP contribution in [0.2, 0.25) is 5.02 Å². The van der Waals surface area contributed by atoms with Crippen molar-refractivity contribution in [2.45, 2.75) is 6.92 Å². The molecule has 0 saturated heterocycles. The Labute approximate surface area is 107 Å². The Morgan fingerprint density at radius 3 is 3.00 bits per heavy atom. The fourth-order valence-corrected chi connectivity index (χ4v) is 2.04. The summed E-state index contributed by atoms with van der Waals surface area (Å²) in [7, 11) is 0. The maximum absolute atomic E-state index is 13.4. The molecule has 0 aliphatic carbocycles. The van der Waals surface area contributed by atoms with Gasteiger partial charge in [-0.15, -0.1) is 11.3 Å². The van der Waals surface area contributed by atoms with Gasteiger partial charge >= 0.3 is 0 Å². The Morgan fingerprint density at radius 2 is 2.35 bits per heavy atom. The van der Waals surface area contributed by atoms with Gasteiger partial charge < -0.3 is 0 Å². The Balaban J connectivity index is 2.10. The van der Waals surface area contributed by atoms with Gasteiger partial charge in [0.05, 0.1) is 16.9 Å². The zero-order valence-electron chi connectivity index (χ0n) is 8.95. The summed E-state index contributed by atoms with van der Waals surface area (Å²) in [6, 6.07) is 4.49. The summed E-state index contributed by atoms with van der Waals surface area (Å²) in [6.07, 6.45) is 1.34. The van der Waals surface area contributed by atoms with Crippen LogP contribution >= 0.6 is 22.9 Å². The van der Waals surface area contributed by atoms with Crippen LogP contribution in [-0.2, 0) is 0 Å². The molecule has 0 fully saturated rings. The predicted octanol–water partition coefficient (Wildman–Crippen LogP) is 3.69. The number of hydrogen-bond acceptors (Lipinski definition) is 4. The first kappa shape index (κ1) is 12.0. The van der Waals surface area contributed by atoms with E-state index in [9.17, 15) is 4.39 Å². The van der Waals surface area contributed by atoms with Crippen LogP contribution in [0.25, 0.3) is 0 Å². The first-order valence-electron chi connectivity index (χ1n) is 4.82. The third-order valence-electron chi connectivity index (χ3n) is 1.97. The van der Waals surface area contributed by atoms with Crippen molar-refractivity contribution in [3.05, 3.63) is 45.7 Å². The van der Waals surface area contributed by atoms with E-state index in [1.807, 2.05) is 12.3 Å². The minimum Gasteiger partial charge on any atom is -0.253 e. The number of rotatable bonds is 3. The molecule has 0 unspecified atom stereocenters. The fourth-order valence-electron chi connectivity index (χ4n) is 1.19. The Hall–Kier alpha value is -1.46. The van der Waals surface area contributed by atoms with Crippen LogP contribution < -0.4 is 5.43 Å². The predicted molar refractivity (Wildman–Crippen MR) is 69.5 cm³/mol. The highest BCUT2D eigenvalue weighted by Crippen LogP contribution is 2.17. The standard InChI is InChI=1S/C11H9ClFN3S/c1-7-6-17-11(15-7)16-14-5-8-9(12)3-2-4-10(8)13/h2-6H,1H3,(H,15,16). The van der Waals surface area contributed by atoms with Gasteiger partial charge in [-0.2, -0.15) is 5.10 Å². The van der Waals surface area contributed by atoms with Crippen LogP contribution in [0.4, 0.5) is 9.52 Å². The number of anilines is 1. The zero-order chi connectivity index (χ0) is 12.3. The summed E-state index contributed by atoms with van der Waals surface area (Å²) in [5.74, 6) is -0.404. The molecule has 1 N–H and O–H groups in total. The smallest absolute Gasteiger partial charge is 0.203 e. The van der Waals surface area contributed by atoms with Gasteiger partial charge in [0.15, 0.2) is 0 Å². The number of nitrogens with zero attached hydrogens (tertiary/aromatic N) is 2. The zero-order valence-corrected chi connectivity index (χ0v) is 10.5. The van der Waals surface area contributed by atoms with Crippen molar-refractivity contribution in [3.63, 3.8) is 0 Å². The Bertz CT molecular complexity index is 533. The van der Waals surface area contributed by atoms with Crippen molar-refractivity contribution in [1.29, 1.82) is 0 Å². The number of nitrogens with one attached hydrogen (secondary N) is 1. The number of halogens is 2. The van der Waals surface area contributed by atoms with E-state index in [-0.39, 0.29) is 5.56 Å². The molecule has 0 radical (unpaired) electrons. The minimum absolute atomic E-state index is 0.259. The van der Waals surface area contributed by atoms with Gasteiger partial charge in [-0.05, 0) is 19.1 Å². The molecule has 2 aromatic rings. The summed E-state index contributed by atoms with van der Waals surface area (Å²) in [5.41, 5.74) is 3.89. The molecule has 3 nitrogen and oxygen atoms in total.